The van der Waals surface area contributed by atoms with Crippen LogP contribution in [0.5, 0.6) is 23.0 Å². The van der Waals surface area contributed by atoms with Crippen molar-refractivity contribution in [2.75, 3.05) is 34.5 Å². The van der Waals surface area contributed by atoms with Gasteiger partial charge in [-0.1, -0.05) is 0 Å². The molecule has 9 heteroatoms. The zero-order valence-corrected chi connectivity index (χ0v) is 17.4. The molecule has 0 atom stereocenters. The van der Waals surface area contributed by atoms with Crippen molar-refractivity contribution in [1.29, 1.82) is 0 Å². The average molecular weight is 415 g/mol. The zero-order chi connectivity index (χ0) is 21.9. The first-order chi connectivity index (χ1) is 14.5. The molecule has 0 fully saturated rings. The highest BCUT2D eigenvalue weighted by Gasteiger charge is 2.12. The minimum absolute atomic E-state index is 0.239. The molecule has 2 aromatic rings. The van der Waals surface area contributed by atoms with E-state index in [0.29, 0.717) is 40.7 Å². The second-order valence-electron chi connectivity index (χ2n) is 5.89. The van der Waals surface area contributed by atoms with Gasteiger partial charge in [0.25, 0.3) is 11.8 Å². The fourth-order valence-corrected chi connectivity index (χ4v) is 2.50. The topological polar surface area (TPSA) is 107 Å². The molecule has 2 N–H and O–H groups in total. The van der Waals surface area contributed by atoms with E-state index in [1.54, 1.807) is 37.4 Å². The van der Waals surface area contributed by atoms with Crippen LogP contribution in [-0.4, -0.2) is 52.5 Å². The summed E-state index contributed by atoms with van der Waals surface area (Å²) in [7, 11) is 4.54. The summed E-state index contributed by atoms with van der Waals surface area (Å²) in [6, 6.07) is 9.99. The van der Waals surface area contributed by atoms with Gasteiger partial charge < -0.3 is 24.3 Å². The molecular formula is C21H25N3O6. The lowest BCUT2D eigenvalue weighted by atomic mass is 10.2. The molecule has 30 heavy (non-hydrogen) atoms. The van der Waals surface area contributed by atoms with Crippen LogP contribution in [0.4, 0.5) is 0 Å². The summed E-state index contributed by atoms with van der Waals surface area (Å²) in [6.07, 6.45) is 1.47. The Morgan fingerprint density at radius 2 is 1.60 bits per heavy atom. The van der Waals surface area contributed by atoms with E-state index >= 15 is 0 Å². The van der Waals surface area contributed by atoms with Gasteiger partial charge in [0.2, 0.25) is 0 Å². The van der Waals surface area contributed by atoms with Gasteiger partial charge in [-0.2, -0.15) is 5.10 Å². The first kappa shape index (κ1) is 22.5. The van der Waals surface area contributed by atoms with Crippen molar-refractivity contribution in [3.8, 4) is 23.0 Å². The summed E-state index contributed by atoms with van der Waals surface area (Å²) in [5, 5.41) is 6.41. The van der Waals surface area contributed by atoms with E-state index in [9.17, 15) is 9.59 Å². The van der Waals surface area contributed by atoms with Gasteiger partial charge in [0.15, 0.2) is 23.0 Å². The largest absolute Gasteiger partial charge is 0.493 e. The minimum Gasteiger partial charge on any atom is -0.493 e. The van der Waals surface area contributed by atoms with Crippen LogP contribution >= 0.6 is 0 Å². The molecule has 0 bridgehead atoms. The van der Waals surface area contributed by atoms with Crippen LogP contribution in [0.25, 0.3) is 0 Å². The van der Waals surface area contributed by atoms with Crippen molar-refractivity contribution in [1.82, 2.24) is 10.7 Å². The van der Waals surface area contributed by atoms with Crippen LogP contribution in [-0.2, 0) is 4.79 Å². The van der Waals surface area contributed by atoms with Crippen molar-refractivity contribution >= 4 is 18.0 Å². The molecule has 0 spiro atoms. The number of benzene rings is 2. The molecule has 160 valence electrons. The molecular weight excluding hydrogens is 390 g/mol. The molecule has 0 aliphatic heterocycles. The highest BCUT2D eigenvalue weighted by molar-refractivity contribution is 5.97. The van der Waals surface area contributed by atoms with E-state index in [4.69, 9.17) is 18.9 Å². The molecule has 0 aliphatic rings. The van der Waals surface area contributed by atoms with Gasteiger partial charge in [-0.3, -0.25) is 9.59 Å². The monoisotopic (exact) mass is 415 g/mol. The summed E-state index contributed by atoms with van der Waals surface area (Å²) < 4.78 is 21.0. The highest BCUT2D eigenvalue weighted by atomic mass is 16.5. The van der Waals surface area contributed by atoms with Gasteiger partial charge >= 0.3 is 0 Å². The third-order valence-electron chi connectivity index (χ3n) is 3.95. The lowest BCUT2D eigenvalue weighted by Gasteiger charge is -2.10. The first-order valence-electron chi connectivity index (χ1n) is 9.15. The Morgan fingerprint density at radius 1 is 0.933 bits per heavy atom. The molecule has 2 rings (SSSR count). The molecule has 0 saturated carbocycles. The molecule has 0 radical (unpaired) electrons. The van der Waals surface area contributed by atoms with Crippen molar-refractivity contribution in [2.45, 2.75) is 6.92 Å². The van der Waals surface area contributed by atoms with Gasteiger partial charge in [-0.25, -0.2) is 5.43 Å². The zero-order valence-electron chi connectivity index (χ0n) is 17.4. The quantitative estimate of drug-likeness (QED) is 0.454. The third-order valence-corrected chi connectivity index (χ3v) is 3.95. The van der Waals surface area contributed by atoms with Crippen LogP contribution in [0, 0.1) is 0 Å². The van der Waals surface area contributed by atoms with Crippen molar-refractivity contribution in [3.63, 3.8) is 0 Å². The predicted octanol–water partition coefficient (Wildman–Crippen LogP) is 1.99. The summed E-state index contributed by atoms with van der Waals surface area (Å²) in [5.74, 6) is 1.22. The molecule has 2 aromatic carbocycles. The molecule has 0 heterocycles. The van der Waals surface area contributed by atoms with Crippen LogP contribution in [0.2, 0.25) is 0 Å². The van der Waals surface area contributed by atoms with Gasteiger partial charge in [-0.05, 0) is 48.9 Å². The number of ether oxygens (including phenoxy) is 4. The number of nitrogens with zero attached hydrogens (tertiary/aromatic N) is 1. The van der Waals surface area contributed by atoms with Crippen molar-refractivity contribution in [3.05, 3.63) is 47.5 Å². The maximum absolute atomic E-state index is 12.2. The predicted molar refractivity (Wildman–Crippen MR) is 112 cm³/mol. The number of carbonyl (C=O) groups excluding carboxylic acids is 2. The smallest absolute Gasteiger partial charge is 0.259 e. The molecule has 0 saturated heterocycles. The lowest BCUT2D eigenvalue weighted by Crippen LogP contribution is -2.34. The highest BCUT2D eigenvalue weighted by Crippen LogP contribution is 2.28. The Labute approximate surface area is 175 Å². The second-order valence-corrected chi connectivity index (χ2v) is 5.89. The van der Waals surface area contributed by atoms with Crippen molar-refractivity contribution < 1.29 is 28.5 Å². The van der Waals surface area contributed by atoms with E-state index in [1.807, 2.05) is 6.92 Å². The number of nitrogens with one attached hydrogen (secondary N) is 2. The second kappa shape index (κ2) is 11.3. The standard InChI is InChI=1S/C21H25N3O6/c1-5-30-19-10-14(6-8-17(19)28-3)12-23-24-20(25)13-22-21(26)15-7-9-16(27-2)18(11-15)29-4/h6-12H,5,13H2,1-4H3,(H,22,26)(H,24,25)/b23-12+. The van der Waals surface area contributed by atoms with E-state index in [0.717, 1.165) is 0 Å². The normalized spacial score (nSPS) is 10.4. The van der Waals surface area contributed by atoms with E-state index < -0.39 is 11.8 Å². The molecule has 2 amide bonds. The third kappa shape index (κ3) is 6.13. The maximum Gasteiger partial charge on any atom is 0.259 e. The Hall–Kier alpha value is -3.75. The summed E-state index contributed by atoms with van der Waals surface area (Å²) in [4.78, 5) is 24.2. The van der Waals surface area contributed by atoms with Gasteiger partial charge in [0.05, 0.1) is 40.7 Å². The van der Waals surface area contributed by atoms with Crippen LogP contribution in [0.1, 0.15) is 22.8 Å². The van der Waals surface area contributed by atoms with E-state index in [-0.39, 0.29) is 6.54 Å². The van der Waals surface area contributed by atoms with E-state index in [1.165, 1.54) is 26.5 Å². The minimum atomic E-state index is -0.473. The Bertz CT molecular complexity index is 914. The molecule has 0 aromatic heterocycles. The summed E-state index contributed by atoms with van der Waals surface area (Å²) in [6.45, 7) is 2.13. The van der Waals surface area contributed by atoms with Crippen LogP contribution in [0.3, 0.4) is 0 Å². The van der Waals surface area contributed by atoms with Crippen molar-refractivity contribution in [2.24, 2.45) is 5.10 Å². The maximum atomic E-state index is 12.2. The number of methoxy groups -OCH3 is 3. The fourth-order valence-electron chi connectivity index (χ4n) is 2.50. The summed E-state index contributed by atoms with van der Waals surface area (Å²) >= 11 is 0. The number of hydrazone groups is 1. The SMILES string of the molecule is CCOc1cc(/C=N/NC(=O)CNC(=O)c2ccc(OC)c(OC)c2)ccc1OC. The first-order valence-corrected chi connectivity index (χ1v) is 9.15. The van der Waals surface area contributed by atoms with Gasteiger partial charge in [0.1, 0.15) is 0 Å². The number of carbonyl (C=O) groups is 2. The Balaban J connectivity index is 1.89. The lowest BCUT2D eigenvalue weighted by molar-refractivity contribution is -0.120. The van der Waals surface area contributed by atoms with Gasteiger partial charge in [0, 0.05) is 5.56 Å². The number of rotatable bonds is 10. The number of hydrogen-bond acceptors (Lipinski definition) is 7. The Kier molecular flexibility index (Phi) is 8.49. The van der Waals surface area contributed by atoms with Crippen LogP contribution in [0.15, 0.2) is 41.5 Å². The Morgan fingerprint density at radius 3 is 2.27 bits per heavy atom. The number of amides is 2. The van der Waals surface area contributed by atoms with E-state index in [2.05, 4.69) is 15.8 Å². The molecule has 0 aliphatic carbocycles. The summed E-state index contributed by atoms with van der Waals surface area (Å²) in [5.41, 5.74) is 3.41. The van der Waals surface area contributed by atoms with Gasteiger partial charge in [-0.15, -0.1) is 0 Å². The fraction of sp³-hybridized carbons (Fsp3) is 0.286. The molecule has 9 nitrogen and oxygen atoms in total. The number of hydrogen-bond donors (Lipinski definition) is 2. The average Bonchev–Trinajstić information content (AvgIpc) is 2.77. The molecule has 0 unspecified atom stereocenters. The van der Waals surface area contributed by atoms with Crippen LogP contribution < -0.4 is 29.7 Å².